The van der Waals surface area contributed by atoms with Crippen molar-refractivity contribution in [3.63, 3.8) is 0 Å². The molecule has 1 atom stereocenters. The van der Waals surface area contributed by atoms with E-state index in [1.54, 1.807) is 54.1 Å². The molecular formula is C15H24N4O3. The number of aromatic nitrogens is 2. The maximum atomic E-state index is 12.8. The Kier molecular flexibility index (Phi) is 5.18. The summed E-state index contributed by atoms with van der Waals surface area (Å²) in [7, 11) is 5.05. The number of methoxy groups -OCH3 is 1. The molecule has 122 valence electrons. The minimum Gasteiger partial charge on any atom is -0.384 e. The predicted molar refractivity (Wildman–Crippen MR) is 81.2 cm³/mol. The highest BCUT2D eigenvalue weighted by Gasteiger charge is 2.46. The molecule has 1 aromatic rings. The van der Waals surface area contributed by atoms with Gasteiger partial charge in [0.1, 0.15) is 0 Å². The maximum Gasteiger partial charge on any atom is 0.251 e. The first-order valence-corrected chi connectivity index (χ1v) is 7.50. The van der Waals surface area contributed by atoms with Gasteiger partial charge < -0.3 is 14.5 Å². The zero-order valence-corrected chi connectivity index (χ0v) is 13.5. The van der Waals surface area contributed by atoms with Gasteiger partial charge in [-0.05, 0) is 18.9 Å². The van der Waals surface area contributed by atoms with E-state index in [2.05, 4.69) is 5.10 Å². The van der Waals surface area contributed by atoms with Crippen LogP contribution in [0.25, 0.3) is 0 Å². The Morgan fingerprint density at radius 3 is 2.77 bits per heavy atom. The molecule has 0 aliphatic carbocycles. The van der Waals surface area contributed by atoms with Gasteiger partial charge in [0.2, 0.25) is 5.91 Å². The van der Waals surface area contributed by atoms with Crippen LogP contribution in [0.1, 0.15) is 19.3 Å². The fourth-order valence-electron chi connectivity index (χ4n) is 2.99. The van der Waals surface area contributed by atoms with Gasteiger partial charge >= 0.3 is 0 Å². The second kappa shape index (κ2) is 6.91. The van der Waals surface area contributed by atoms with Gasteiger partial charge in [0.05, 0.1) is 19.6 Å². The Labute approximate surface area is 130 Å². The Balaban J connectivity index is 2.26. The minimum absolute atomic E-state index is 0.0182. The van der Waals surface area contributed by atoms with Crippen molar-refractivity contribution in [1.29, 1.82) is 0 Å². The molecule has 1 aromatic heterocycles. The molecule has 0 bridgehead atoms. The van der Waals surface area contributed by atoms with Crippen LogP contribution in [0.15, 0.2) is 18.5 Å². The monoisotopic (exact) mass is 308 g/mol. The minimum atomic E-state index is -0.812. The van der Waals surface area contributed by atoms with Crippen molar-refractivity contribution in [1.82, 2.24) is 19.6 Å². The van der Waals surface area contributed by atoms with E-state index in [0.717, 1.165) is 6.42 Å². The normalized spacial score (nSPS) is 21.7. The summed E-state index contributed by atoms with van der Waals surface area (Å²) in [6.07, 6.45) is 5.25. The van der Waals surface area contributed by atoms with E-state index < -0.39 is 5.54 Å². The van der Waals surface area contributed by atoms with Crippen molar-refractivity contribution in [2.24, 2.45) is 0 Å². The number of ether oxygens (including phenoxy) is 1. The van der Waals surface area contributed by atoms with E-state index in [1.807, 2.05) is 0 Å². The van der Waals surface area contributed by atoms with Gasteiger partial charge in [-0.3, -0.25) is 14.3 Å². The summed E-state index contributed by atoms with van der Waals surface area (Å²) in [4.78, 5) is 28.4. The van der Waals surface area contributed by atoms with E-state index in [-0.39, 0.29) is 11.8 Å². The number of likely N-dealkylation sites (N-methyl/N-ethyl adjacent to an activating group) is 1. The lowest BCUT2D eigenvalue weighted by atomic mass is 9.87. The van der Waals surface area contributed by atoms with Crippen LogP contribution >= 0.6 is 0 Å². The van der Waals surface area contributed by atoms with E-state index in [4.69, 9.17) is 4.74 Å². The number of carbonyl (C=O) groups excluding carboxylic acids is 2. The second-order valence-electron chi connectivity index (χ2n) is 5.84. The molecule has 0 radical (unpaired) electrons. The van der Waals surface area contributed by atoms with Gasteiger partial charge in [0.15, 0.2) is 5.54 Å². The third-order valence-corrected chi connectivity index (χ3v) is 4.09. The van der Waals surface area contributed by atoms with Crippen molar-refractivity contribution in [2.75, 3.05) is 40.9 Å². The van der Waals surface area contributed by atoms with Gasteiger partial charge in [0, 0.05) is 40.1 Å². The fourth-order valence-corrected chi connectivity index (χ4v) is 2.99. The van der Waals surface area contributed by atoms with Crippen molar-refractivity contribution in [2.45, 2.75) is 24.8 Å². The average molecular weight is 308 g/mol. The molecule has 0 spiro atoms. The molecule has 0 saturated carbocycles. The summed E-state index contributed by atoms with van der Waals surface area (Å²) in [5.74, 6) is -0.00919. The van der Waals surface area contributed by atoms with Crippen LogP contribution < -0.4 is 0 Å². The first kappa shape index (κ1) is 16.5. The van der Waals surface area contributed by atoms with Gasteiger partial charge in [-0.15, -0.1) is 0 Å². The molecule has 1 fully saturated rings. The molecule has 1 aliphatic rings. The molecule has 0 N–H and O–H groups in total. The standard InChI is InChI=1S/C15H24N4O3/c1-17(2)14(21)15(19-10-5-8-16-19)7-4-9-18(12-15)13(20)6-11-22-3/h5,8,10H,4,6-7,9,11-12H2,1-3H3. The fraction of sp³-hybridized carbons (Fsp3) is 0.667. The van der Waals surface area contributed by atoms with Crippen LogP contribution in [0.5, 0.6) is 0 Å². The molecule has 2 heterocycles. The van der Waals surface area contributed by atoms with Crippen molar-refractivity contribution in [3.05, 3.63) is 18.5 Å². The average Bonchev–Trinajstić information content (AvgIpc) is 3.06. The highest BCUT2D eigenvalue weighted by Crippen LogP contribution is 2.30. The number of rotatable bonds is 5. The van der Waals surface area contributed by atoms with E-state index in [1.165, 1.54) is 0 Å². The molecule has 2 rings (SSSR count). The van der Waals surface area contributed by atoms with Gasteiger partial charge in [-0.2, -0.15) is 5.10 Å². The Bertz CT molecular complexity index is 515. The largest absolute Gasteiger partial charge is 0.384 e. The number of hydrogen-bond donors (Lipinski definition) is 0. The maximum absolute atomic E-state index is 12.8. The number of carbonyl (C=O) groups is 2. The smallest absolute Gasteiger partial charge is 0.251 e. The SMILES string of the molecule is COCCC(=O)N1CCCC(C(=O)N(C)C)(n2cccn2)C1. The molecule has 7 nitrogen and oxygen atoms in total. The molecule has 0 aromatic carbocycles. The molecule has 1 saturated heterocycles. The van der Waals surface area contributed by atoms with Gasteiger partial charge in [-0.25, -0.2) is 0 Å². The zero-order chi connectivity index (χ0) is 16.2. The number of hydrogen-bond acceptors (Lipinski definition) is 4. The Morgan fingerprint density at radius 1 is 1.41 bits per heavy atom. The molecule has 1 unspecified atom stereocenters. The summed E-state index contributed by atoms with van der Waals surface area (Å²) in [6, 6.07) is 1.80. The summed E-state index contributed by atoms with van der Waals surface area (Å²) in [5.41, 5.74) is -0.812. The molecule has 22 heavy (non-hydrogen) atoms. The first-order chi connectivity index (χ1) is 10.5. The highest BCUT2D eigenvalue weighted by atomic mass is 16.5. The number of amides is 2. The van der Waals surface area contributed by atoms with Crippen LogP contribution in [0, 0.1) is 0 Å². The van der Waals surface area contributed by atoms with Crippen molar-refractivity contribution < 1.29 is 14.3 Å². The molecule has 7 heteroatoms. The third kappa shape index (κ3) is 3.14. The summed E-state index contributed by atoms with van der Waals surface area (Å²) in [6.45, 7) is 1.42. The second-order valence-corrected chi connectivity index (χ2v) is 5.84. The van der Waals surface area contributed by atoms with E-state index in [9.17, 15) is 9.59 Å². The van der Waals surface area contributed by atoms with E-state index in [0.29, 0.717) is 32.5 Å². The van der Waals surface area contributed by atoms with Gasteiger partial charge in [0.25, 0.3) is 5.91 Å². The van der Waals surface area contributed by atoms with Crippen LogP contribution in [0.3, 0.4) is 0 Å². The number of piperidine rings is 1. The lowest BCUT2D eigenvalue weighted by Crippen LogP contribution is -2.59. The zero-order valence-electron chi connectivity index (χ0n) is 13.5. The van der Waals surface area contributed by atoms with Crippen LogP contribution in [0.4, 0.5) is 0 Å². The summed E-state index contributed by atoms with van der Waals surface area (Å²) >= 11 is 0. The lowest BCUT2D eigenvalue weighted by Gasteiger charge is -2.42. The highest BCUT2D eigenvalue weighted by molar-refractivity contribution is 5.86. The molecule has 2 amide bonds. The number of nitrogens with zero attached hydrogens (tertiary/aromatic N) is 4. The Hall–Kier alpha value is -1.89. The summed E-state index contributed by atoms with van der Waals surface area (Å²) < 4.78 is 6.67. The first-order valence-electron chi connectivity index (χ1n) is 7.50. The van der Waals surface area contributed by atoms with Crippen LogP contribution in [-0.4, -0.2) is 72.3 Å². The lowest BCUT2D eigenvalue weighted by molar-refractivity contribution is -0.146. The van der Waals surface area contributed by atoms with Crippen molar-refractivity contribution in [3.8, 4) is 0 Å². The third-order valence-electron chi connectivity index (χ3n) is 4.09. The predicted octanol–water partition coefficient (Wildman–Crippen LogP) is 0.326. The van der Waals surface area contributed by atoms with Crippen LogP contribution in [-0.2, 0) is 19.9 Å². The number of likely N-dealkylation sites (tertiary alicyclic amines) is 1. The van der Waals surface area contributed by atoms with E-state index >= 15 is 0 Å². The van der Waals surface area contributed by atoms with Crippen LogP contribution in [0.2, 0.25) is 0 Å². The van der Waals surface area contributed by atoms with Crippen molar-refractivity contribution >= 4 is 11.8 Å². The molecular weight excluding hydrogens is 284 g/mol. The summed E-state index contributed by atoms with van der Waals surface area (Å²) in [5, 5.41) is 4.28. The molecule has 1 aliphatic heterocycles. The quantitative estimate of drug-likeness (QED) is 0.786. The topological polar surface area (TPSA) is 67.7 Å². The van der Waals surface area contributed by atoms with Gasteiger partial charge in [-0.1, -0.05) is 0 Å². The Morgan fingerprint density at radius 2 is 2.18 bits per heavy atom.